The number of hydrogen-bond acceptors (Lipinski definition) is 14. The first-order valence-electron chi connectivity index (χ1n) is 20.0. The van der Waals surface area contributed by atoms with Crippen molar-refractivity contribution in [1.29, 1.82) is 0 Å². The van der Waals surface area contributed by atoms with E-state index in [1.165, 1.54) is 0 Å². The Labute approximate surface area is 352 Å². The second kappa shape index (κ2) is 25.7. The third-order valence-corrected chi connectivity index (χ3v) is 9.62. The number of nitrogens with two attached hydrogens (primary N) is 1. The van der Waals surface area contributed by atoms with Crippen LogP contribution in [0.2, 0.25) is 0 Å². The van der Waals surface area contributed by atoms with Crippen LogP contribution in [0, 0.1) is 11.8 Å². The van der Waals surface area contributed by atoms with E-state index in [0.717, 1.165) is 13.8 Å². The fourth-order valence-electron chi connectivity index (χ4n) is 6.02. The summed E-state index contributed by atoms with van der Waals surface area (Å²) < 4.78 is 0. The third-order valence-electron chi connectivity index (χ3n) is 9.62. The summed E-state index contributed by atoms with van der Waals surface area (Å²) in [6.07, 6.45) is -3.93. The van der Waals surface area contributed by atoms with Gasteiger partial charge in [0.25, 0.3) is 0 Å². The fraction of sp³-hybridized carbons (Fsp3) is 0.703. The molecule has 24 nitrogen and oxygen atoms in total. The number of carboxylic acid groups (broad SMARTS) is 2. The molecule has 0 spiro atoms. The number of carboxylic acids is 2. The van der Waals surface area contributed by atoms with Gasteiger partial charge in [0.05, 0.1) is 19.1 Å². The minimum Gasteiger partial charge on any atom is -0.550 e. The SMILES string of the molecule is CC[C@H](C)[C@@H]1NC(=O)[C@H](CCCC[NH3+])NC(=O)[C@H]([C@@H](C)O)NC(=O)[C@H](C)NC(=O)[C@H](CC(=O)[O-])NC(=O)[C@H](CC(C)C)NC(=O)[C@H](CC(N)=O)NC(=O)[C@H](CC(=O)[O-])NC1=O. The highest BCUT2D eigenvalue weighted by Gasteiger charge is 2.37. The monoisotopic (exact) mass is 869 g/mol. The number of quaternary nitrogens is 1. The standard InChI is InChI=1S/C37H62N10O14/c1-7-17(4)28-36(60)45-24(15-27(52)53)35(59)43-22(13-25(39)49)34(58)42-21(12-16(2)3)33(57)44-23(14-26(50)51)32(56)40-18(5)30(54)47-29(19(6)48)37(61)41-20(31(55)46-28)10-8-9-11-38/h16-24,28-29,48H,7-15,38H2,1-6H3,(H2,39,49)(H,40,56)(H,41,61)(H,42,58)(H,43,59)(H,44,57)(H,45,60)(H,46,55)(H,47,54)(H,50,51)(H,52,53)/p-1/t17-,18-,19+,20-,21-,22-,23-,24-,28-,29-/m0/s1. The number of rotatable bonds is 15. The maximum Gasteiger partial charge on any atom is 0.245 e. The van der Waals surface area contributed by atoms with Crippen molar-refractivity contribution in [3.05, 3.63) is 0 Å². The predicted octanol–water partition coefficient (Wildman–Crippen LogP) is -8.06. The van der Waals surface area contributed by atoms with Crippen molar-refractivity contribution in [2.75, 3.05) is 6.54 Å². The van der Waals surface area contributed by atoms with Gasteiger partial charge in [-0.25, -0.2) is 0 Å². The number of aliphatic hydroxyl groups is 1. The van der Waals surface area contributed by atoms with E-state index >= 15 is 0 Å². The summed E-state index contributed by atoms with van der Waals surface area (Å²) in [5, 5.41) is 52.3. The number of primary amides is 1. The Morgan fingerprint density at radius 1 is 0.607 bits per heavy atom. The van der Waals surface area contributed by atoms with E-state index < -0.39 is 145 Å². The molecule has 10 atom stereocenters. The highest BCUT2D eigenvalue weighted by Crippen LogP contribution is 2.13. The predicted molar refractivity (Wildman–Crippen MR) is 206 cm³/mol. The second-order valence-electron chi connectivity index (χ2n) is 15.4. The lowest BCUT2D eigenvalue weighted by Crippen LogP contribution is -2.63. The van der Waals surface area contributed by atoms with Gasteiger partial charge in [-0.1, -0.05) is 34.1 Å². The van der Waals surface area contributed by atoms with Crippen molar-refractivity contribution >= 4 is 65.1 Å². The van der Waals surface area contributed by atoms with Crippen molar-refractivity contribution in [2.24, 2.45) is 17.6 Å². The highest BCUT2D eigenvalue weighted by molar-refractivity contribution is 6.00. The third kappa shape index (κ3) is 18.5. The number of amides is 9. The van der Waals surface area contributed by atoms with E-state index in [0.29, 0.717) is 19.4 Å². The Hall–Kier alpha value is -5.91. The number of hydrogen-bond donors (Lipinski definition) is 11. The molecule has 1 saturated heterocycles. The summed E-state index contributed by atoms with van der Waals surface area (Å²) in [5.41, 5.74) is 9.08. The Morgan fingerprint density at radius 2 is 1.02 bits per heavy atom. The van der Waals surface area contributed by atoms with Crippen molar-refractivity contribution in [3.8, 4) is 0 Å². The van der Waals surface area contributed by atoms with E-state index in [-0.39, 0.29) is 25.2 Å². The zero-order valence-electron chi connectivity index (χ0n) is 35.3. The van der Waals surface area contributed by atoms with Crippen LogP contribution in [0.1, 0.15) is 92.9 Å². The number of carbonyl (C=O) groups excluding carboxylic acids is 11. The first-order valence-corrected chi connectivity index (χ1v) is 20.0. The molecule has 0 bridgehead atoms. The molecule has 1 heterocycles. The van der Waals surface area contributed by atoms with Gasteiger partial charge in [-0.3, -0.25) is 43.2 Å². The molecule has 0 radical (unpaired) electrons. The van der Waals surface area contributed by atoms with Gasteiger partial charge in [0.1, 0.15) is 48.3 Å². The van der Waals surface area contributed by atoms with Gasteiger partial charge in [-0.05, 0) is 51.4 Å². The fourth-order valence-corrected chi connectivity index (χ4v) is 6.02. The van der Waals surface area contributed by atoms with Gasteiger partial charge in [-0.2, -0.15) is 0 Å². The Morgan fingerprint density at radius 3 is 1.48 bits per heavy atom. The molecule has 0 unspecified atom stereocenters. The number of aliphatic hydroxyl groups excluding tert-OH is 1. The summed E-state index contributed by atoms with van der Waals surface area (Å²) in [6.45, 7) is 9.23. The highest BCUT2D eigenvalue weighted by atomic mass is 16.4. The smallest absolute Gasteiger partial charge is 0.245 e. The minimum atomic E-state index is -1.99. The molecule has 1 aliphatic heterocycles. The lowest BCUT2D eigenvalue weighted by molar-refractivity contribution is -0.368. The van der Waals surface area contributed by atoms with E-state index in [2.05, 4.69) is 48.3 Å². The summed E-state index contributed by atoms with van der Waals surface area (Å²) in [7, 11) is 0. The summed E-state index contributed by atoms with van der Waals surface area (Å²) >= 11 is 0. The molecule has 14 N–H and O–H groups in total. The summed E-state index contributed by atoms with van der Waals surface area (Å²) in [4.78, 5) is 144. The number of aliphatic carboxylic acids is 2. The first-order chi connectivity index (χ1) is 28.4. The molecule has 0 aliphatic carbocycles. The zero-order chi connectivity index (χ0) is 46.7. The molecule has 61 heavy (non-hydrogen) atoms. The number of unbranched alkanes of at least 4 members (excludes halogenated alkanes) is 1. The van der Waals surface area contributed by atoms with Gasteiger partial charge in [0.15, 0.2) is 0 Å². The quantitative estimate of drug-likeness (QED) is 0.0682. The molecule has 344 valence electrons. The van der Waals surface area contributed by atoms with Crippen LogP contribution in [0.3, 0.4) is 0 Å². The average molecular weight is 870 g/mol. The van der Waals surface area contributed by atoms with Crippen LogP contribution in [-0.4, -0.2) is 131 Å². The molecular formula is C37H61N10O14-. The van der Waals surface area contributed by atoms with Crippen molar-refractivity contribution in [2.45, 2.75) is 147 Å². The Bertz CT molecular complexity index is 1630. The molecule has 0 aromatic rings. The lowest BCUT2D eigenvalue weighted by Gasteiger charge is -2.30. The molecule has 1 fully saturated rings. The zero-order valence-corrected chi connectivity index (χ0v) is 35.3. The Balaban J connectivity index is 3.94. The van der Waals surface area contributed by atoms with Crippen LogP contribution in [0.4, 0.5) is 0 Å². The van der Waals surface area contributed by atoms with Gasteiger partial charge in [-0.15, -0.1) is 0 Å². The molecule has 1 aliphatic rings. The molecule has 1 rings (SSSR count). The largest absolute Gasteiger partial charge is 0.550 e. The Kier molecular flexibility index (Phi) is 22.3. The van der Waals surface area contributed by atoms with Gasteiger partial charge in [0.2, 0.25) is 53.2 Å². The van der Waals surface area contributed by atoms with Crippen LogP contribution >= 0.6 is 0 Å². The van der Waals surface area contributed by atoms with E-state index in [4.69, 9.17) is 5.73 Å². The van der Waals surface area contributed by atoms with Crippen molar-refractivity contribution < 1.29 is 73.8 Å². The van der Waals surface area contributed by atoms with Gasteiger partial charge < -0.3 is 78.9 Å². The van der Waals surface area contributed by atoms with E-state index in [1.54, 1.807) is 27.7 Å². The molecule has 9 amide bonds. The molecule has 0 aromatic carbocycles. The van der Waals surface area contributed by atoms with E-state index in [1.807, 2.05) is 0 Å². The van der Waals surface area contributed by atoms with Crippen LogP contribution in [0.5, 0.6) is 0 Å². The number of carbonyl (C=O) groups is 11. The van der Waals surface area contributed by atoms with E-state index in [9.17, 15) is 68.1 Å². The van der Waals surface area contributed by atoms with Gasteiger partial charge >= 0.3 is 0 Å². The first kappa shape index (κ1) is 53.1. The second-order valence-corrected chi connectivity index (χ2v) is 15.4. The maximum absolute atomic E-state index is 13.8. The van der Waals surface area contributed by atoms with Crippen LogP contribution in [0.15, 0.2) is 0 Å². The summed E-state index contributed by atoms with van der Waals surface area (Å²) in [6, 6.07) is -13.5. The normalized spacial score (nSPS) is 26.7. The molecule has 0 saturated carbocycles. The van der Waals surface area contributed by atoms with Gasteiger partial charge in [0, 0.05) is 24.8 Å². The van der Waals surface area contributed by atoms with Crippen molar-refractivity contribution in [1.82, 2.24) is 42.5 Å². The van der Waals surface area contributed by atoms with Crippen LogP contribution in [0.25, 0.3) is 0 Å². The molecule has 0 aromatic heterocycles. The molecule has 24 heteroatoms. The maximum atomic E-state index is 13.8. The van der Waals surface area contributed by atoms with Crippen LogP contribution in [-0.2, 0) is 52.7 Å². The topological polar surface area (TPSA) is 404 Å². The van der Waals surface area contributed by atoms with Crippen molar-refractivity contribution in [3.63, 3.8) is 0 Å². The summed E-state index contributed by atoms with van der Waals surface area (Å²) in [5.74, 6) is -14.8. The number of nitrogens with one attached hydrogen (secondary N) is 8. The minimum absolute atomic E-state index is 0.0303. The van der Waals surface area contributed by atoms with Crippen LogP contribution < -0.4 is 64.2 Å². The molecular weight excluding hydrogens is 808 g/mol. The lowest BCUT2D eigenvalue weighted by atomic mass is 9.96. The average Bonchev–Trinajstić information content (AvgIpc) is 3.15.